The van der Waals surface area contributed by atoms with Crippen LogP contribution in [0, 0.1) is 5.82 Å². The molecule has 0 saturated carbocycles. The van der Waals surface area contributed by atoms with E-state index in [1.165, 1.54) is 18.2 Å². The summed E-state index contributed by atoms with van der Waals surface area (Å²) >= 11 is 0. The van der Waals surface area contributed by atoms with Gasteiger partial charge >= 0.3 is 6.18 Å². The van der Waals surface area contributed by atoms with Gasteiger partial charge in [-0.25, -0.2) is 12.8 Å². The Labute approximate surface area is 134 Å². The number of hydrogen-bond donors (Lipinski definition) is 2. The molecule has 1 aromatic heterocycles. The van der Waals surface area contributed by atoms with Gasteiger partial charge in [0.1, 0.15) is 5.69 Å². The van der Waals surface area contributed by atoms with E-state index in [9.17, 15) is 30.8 Å². The van der Waals surface area contributed by atoms with Gasteiger partial charge in [0.05, 0.1) is 11.9 Å². The van der Waals surface area contributed by atoms with Gasteiger partial charge in [-0.3, -0.25) is 9.52 Å². The van der Waals surface area contributed by atoms with Gasteiger partial charge < -0.3 is 4.98 Å². The number of pyridine rings is 1. The SMILES string of the molecule is CS(=O)(=O)Nc1cccc(Cc2ccc(C(F)(F)F)[nH]c2=O)c1F. The molecule has 0 atom stereocenters. The maximum Gasteiger partial charge on any atom is 0.431 e. The van der Waals surface area contributed by atoms with Crippen LogP contribution in [0.15, 0.2) is 35.1 Å². The zero-order chi connectivity index (χ0) is 18.1. The Balaban J connectivity index is 2.36. The number of benzene rings is 1. The van der Waals surface area contributed by atoms with Crippen molar-refractivity contribution in [3.63, 3.8) is 0 Å². The first-order valence-corrected chi connectivity index (χ1v) is 8.41. The van der Waals surface area contributed by atoms with E-state index in [1.807, 2.05) is 4.72 Å². The van der Waals surface area contributed by atoms with E-state index in [4.69, 9.17) is 0 Å². The number of hydrogen-bond acceptors (Lipinski definition) is 3. The molecule has 0 unspecified atom stereocenters. The van der Waals surface area contributed by atoms with Gasteiger partial charge in [0.25, 0.3) is 5.56 Å². The van der Waals surface area contributed by atoms with E-state index < -0.39 is 33.3 Å². The van der Waals surface area contributed by atoms with Crippen molar-refractivity contribution in [1.29, 1.82) is 0 Å². The van der Waals surface area contributed by atoms with Crippen molar-refractivity contribution in [2.24, 2.45) is 0 Å². The molecule has 130 valence electrons. The minimum atomic E-state index is -4.69. The first-order chi connectivity index (χ1) is 11.0. The fourth-order valence-electron chi connectivity index (χ4n) is 2.01. The third-order valence-electron chi connectivity index (χ3n) is 3.05. The topological polar surface area (TPSA) is 79.0 Å². The monoisotopic (exact) mass is 364 g/mol. The van der Waals surface area contributed by atoms with Crippen LogP contribution in [0.2, 0.25) is 0 Å². The minimum absolute atomic E-state index is 0.0334. The second-order valence-electron chi connectivity index (χ2n) is 5.05. The van der Waals surface area contributed by atoms with Crippen LogP contribution in [-0.2, 0) is 22.6 Å². The summed E-state index contributed by atoms with van der Waals surface area (Å²) in [5.74, 6) is -0.901. The predicted octanol–water partition coefficient (Wildman–Crippen LogP) is 2.50. The summed E-state index contributed by atoms with van der Waals surface area (Å²) in [5.41, 5.74) is -2.62. The molecule has 0 fully saturated rings. The Morgan fingerprint density at radius 3 is 2.33 bits per heavy atom. The predicted molar refractivity (Wildman–Crippen MR) is 79.7 cm³/mol. The van der Waals surface area contributed by atoms with Gasteiger partial charge in [0.15, 0.2) is 5.82 Å². The Hall–Kier alpha value is -2.36. The minimum Gasteiger partial charge on any atom is -0.318 e. The van der Waals surface area contributed by atoms with Crippen molar-refractivity contribution in [2.45, 2.75) is 12.6 Å². The molecule has 24 heavy (non-hydrogen) atoms. The quantitative estimate of drug-likeness (QED) is 0.818. The molecule has 0 bridgehead atoms. The highest BCUT2D eigenvalue weighted by molar-refractivity contribution is 7.92. The van der Waals surface area contributed by atoms with E-state index in [-0.39, 0.29) is 23.2 Å². The van der Waals surface area contributed by atoms with E-state index in [1.54, 1.807) is 4.98 Å². The fourth-order valence-corrected chi connectivity index (χ4v) is 2.57. The molecule has 0 aliphatic carbocycles. The highest BCUT2D eigenvalue weighted by Crippen LogP contribution is 2.27. The first kappa shape index (κ1) is 18.0. The van der Waals surface area contributed by atoms with Crippen LogP contribution < -0.4 is 10.3 Å². The molecule has 0 radical (unpaired) electrons. The summed E-state index contributed by atoms with van der Waals surface area (Å²) in [4.78, 5) is 13.4. The van der Waals surface area contributed by atoms with Gasteiger partial charge in [0.2, 0.25) is 10.0 Å². The van der Waals surface area contributed by atoms with Crippen LogP contribution in [0.5, 0.6) is 0 Å². The van der Waals surface area contributed by atoms with E-state index >= 15 is 0 Å². The number of alkyl halides is 3. The number of aromatic amines is 1. The molecule has 0 aliphatic heterocycles. The Bertz CT molecular complexity index is 920. The normalized spacial score (nSPS) is 12.2. The average Bonchev–Trinajstić information content (AvgIpc) is 2.42. The lowest BCUT2D eigenvalue weighted by atomic mass is 10.0. The summed E-state index contributed by atoms with van der Waals surface area (Å²) < 4.78 is 76.1. The molecular weight excluding hydrogens is 352 g/mol. The molecule has 2 aromatic rings. The largest absolute Gasteiger partial charge is 0.431 e. The fraction of sp³-hybridized carbons (Fsp3) is 0.214. The molecule has 1 aromatic carbocycles. The zero-order valence-corrected chi connectivity index (χ0v) is 13.1. The molecule has 2 N–H and O–H groups in total. The zero-order valence-electron chi connectivity index (χ0n) is 12.2. The van der Waals surface area contributed by atoms with Crippen LogP contribution in [0.1, 0.15) is 16.8 Å². The summed E-state index contributed by atoms with van der Waals surface area (Å²) in [6, 6.07) is 5.51. The van der Waals surface area contributed by atoms with Crippen LogP contribution in [-0.4, -0.2) is 19.7 Å². The third kappa shape index (κ3) is 4.34. The van der Waals surface area contributed by atoms with Crippen LogP contribution in [0.3, 0.4) is 0 Å². The van der Waals surface area contributed by atoms with Crippen molar-refractivity contribution in [2.75, 3.05) is 11.0 Å². The van der Waals surface area contributed by atoms with Crippen molar-refractivity contribution in [3.05, 3.63) is 63.3 Å². The molecule has 0 aliphatic rings. The number of anilines is 1. The second kappa shape index (κ2) is 6.27. The number of H-pyrrole nitrogens is 1. The number of sulfonamides is 1. The Morgan fingerprint density at radius 2 is 1.79 bits per heavy atom. The molecule has 0 amide bonds. The molecule has 0 spiro atoms. The van der Waals surface area contributed by atoms with Crippen LogP contribution in [0.4, 0.5) is 23.2 Å². The molecular formula is C14H12F4N2O3S. The van der Waals surface area contributed by atoms with Crippen molar-refractivity contribution in [1.82, 2.24) is 4.98 Å². The van der Waals surface area contributed by atoms with Gasteiger partial charge in [-0.1, -0.05) is 18.2 Å². The molecule has 2 rings (SSSR count). The summed E-state index contributed by atoms with van der Waals surface area (Å²) in [6.45, 7) is 0. The van der Waals surface area contributed by atoms with Crippen molar-refractivity contribution >= 4 is 15.7 Å². The molecule has 0 saturated heterocycles. The summed E-state index contributed by atoms with van der Waals surface area (Å²) in [5, 5.41) is 0. The van der Waals surface area contributed by atoms with Gasteiger partial charge in [-0.2, -0.15) is 13.2 Å². The first-order valence-electron chi connectivity index (χ1n) is 6.52. The van der Waals surface area contributed by atoms with E-state index in [0.29, 0.717) is 6.07 Å². The molecule has 1 heterocycles. The summed E-state index contributed by atoms with van der Waals surface area (Å²) in [6.07, 6.45) is -4.14. The third-order valence-corrected chi connectivity index (χ3v) is 3.64. The highest BCUT2D eigenvalue weighted by Gasteiger charge is 2.31. The van der Waals surface area contributed by atoms with Crippen LogP contribution >= 0.6 is 0 Å². The molecule has 5 nitrogen and oxygen atoms in total. The van der Waals surface area contributed by atoms with E-state index in [0.717, 1.165) is 12.3 Å². The maximum atomic E-state index is 14.3. The van der Waals surface area contributed by atoms with Gasteiger partial charge in [-0.15, -0.1) is 0 Å². The number of halogens is 4. The van der Waals surface area contributed by atoms with Gasteiger partial charge in [-0.05, 0) is 17.7 Å². The van der Waals surface area contributed by atoms with E-state index in [2.05, 4.69) is 0 Å². The van der Waals surface area contributed by atoms with Gasteiger partial charge in [0, 0.05) is 12.0 Å². The van der Waals surface area contributed by atoms with Crippen LogP contribution in [0.25, 0.3) is 0 Å². The maximum absolute atomic E-state index is 14.3. The number of rotatable bonds is 4. The second-order valence-corrected chi connectivity index (χ2v) is 6.80. The number of nitrogens with one attached hydrogen (secondary N) is 2. The lowest BCUT2D eigenvalue weighted by Gasteiger charge is -2.10. The smallest absolute Gasteiger partial charge is 0.318 e. The number of aromatic nitrogens is 1. The highest BCUT2D eigenvalue weighted by atomic mass is 32.2. The Kier molecular flexibility index (Phi) is 4.70. The lowest BCUT2D eigenvalue weighted by Crippen LogP contribution is -2.20. The average molecular weight is 364 g/mol. The van der Waals surface area contributed by atoms with Crippen molar-refractivity contribution < 1.29 is 26.0 Å². The standard InChI is InChI=1S/C14H12F4N2O3S/c1-24(22,23)20-10-4-2-3-8(12(10)15)7-9-5-6-11(14(16,17)18)19-13(9)21/h2-6,20H,7H2,1H3,(H,19,21). The lowest BCUT2D eigenvalue weighted by molar-refractivity contribution is -0.141. The van der Waals surface area contributed by atoms with Crippen molar-refractivity contribution in [3.8, 4) is 0 Å². The summed E-state index contributed by atoms with van der Waals surface area (Å²) in [7, 11) is -3.70. The Morgan fingerprint density at radius 1 is 1.12 bits per heavy atom. The molecule has 10 heteroatoms.